The Hall–Kier alpha value is -0.300. The van der Waals surface area contributed by atoms with Gasteiger partial charge in [-0.3, -0.25) is 0 Å². The third kappa shape index (κ3) is 1.10. The van der Waals surface area contributed by atoms with Gasteiger partial charge in [-0.2, -0.15) is 0 Å². The Morgan fingerprint density at radius 3 is 2.75 bits per heavy atom. The van der Waals surface area contributed by atoms with Crippen molar-refractivity contribution in [1.29, 1.82) is 0 Å². The van der Waals surface area contributed by atoms with Crippen LogP contribution in [0.5, 0.6) is 0 Å². The first-order valence-electron chi connectivity index (χ1n) is 3.22. The minimum Gasteiger partial charge on any atom is -0.327 e. The normalized spacial score (nSPS) is 34.2. The van der Waals surface area contributed by atoms with Gasteiger partial charge in [0.1, 0.15) is 0 Å². The van der Waals surface area contributed by atoms with E-state index in [1.54, 1.807) is 0 Å². The van der Waals surface area contributed by atoms with E-state index in [0.29, 0.717) is 6.04 Å². The highest BCUT2D eigenvalue weighted by atomic mass is 14.6. The molecule has 0 aromatic carbocycles. The number of hydrogen-bond acceptors (Lipinski definition) is 1. The predicted molar refractivity (Wildman–Crippen MR) is 35.6 cm³/mol. The molecule has 1 nitrogen and oxygen atoms in total. The van der Waals surface area contributed by atoms with Gasteiger partial charge in [0.2, 0.25) is 0 Å². The summed E-state index contributed by atoms with van der Waals surface area (Å²) in [5, 5.41) is 0. The quantitative estimate of drug-likeness (QED) is 0.470. The number of allylic oxidation sites excluding steroid dienone is 1. The average Bonchev–Trinajstić information content (AvgIpc) is 2.14. The van der Waals surface area contributed by atoms with Crippen molar-refractivity contribution < 1.29 is 0 Å². The van der Waals surface area contributed by atoms with Crippen molar-refractivity contribution in [1.82, 2.24) is 0 Å². The van der Waals surface area contributed by atoms with Gasteiger partial charge in [0.25, 0.3) is 0 Å². The molecule has 46 valence electrons. The molecule has 1 aliphatic carbocycles. The van der Waals surface area contributed by atoms with Crippen molar-refractivity contribution in [2.45, 2.75) is 32.2 Å². The molecule has 0 aromatic heterocycles. The van der Waals surface area contributed by atoms with Crippen LogP contribution in [-0.2, 0) is 0 Å². The Morgan fingerprint density at radius 2 is 2.50 bits per heavy atom. The fraction of sp³-hybridized carbons (Fsp3) is 0.714. The van der Waals surface area contributed by atoms with Gasteiger partial charge in [-0.15, -0.1) is 0 Å². The highest BCUT2D eigenvalue weighted by molar-refractivity contribution is 5.08. The Morgan fingerprint density at radius 1 is 1.75 bits per heavy atom. The molecule has 1 atom stereocenters. The Balaban J connectivity index is 2.44. The molecule has 0 aliphatic heterocycles. The summed E-state index contributed by atoms with van der Waals surface area (Å²) in [6.07, 6.45) is 5.75. The molecular weight excluding hydrogens is 98.1 g/mol. The Labute approximate surface area is 50.6 Å². The highest BCUT2D eigenvalue weighted by Crippen LogP contribution is 2.22. The van der Waals surface area contributed by atoms with Crippen LogP contribution in [0.25, 0.3) is 0 Å². The molecule has 0 amide bonds. The summed E-state index contributed by atoms with van der Waals surface area (Å²) >= 11 is 0. The average molecular weight is 111 g/mol. The molecule has 1 aliphatic rings. The molecule has 0 bridgehead atoms. The molecule has 0 aromatic rings. The zero-order valence-corrected chi connectivity index (χ0v) is 5.35. The Kier molecular flexibility index (Phi) is 1.69. The Bertz CT molecular complexity index is 105. The van der Waals surface area contributed by atoms with Crippen LogP contribution < -0.4 is 5.73 Å². The van der Waals surface area contributed by atoms with E-state index in [-0.39, 0.29) is 0 Å². The van der Waals surface area contributed by atoms with E-state index in [4.69, 9.17) is 5.73 Å². The van der Waals surface area contributed by atoms with Crippen molar-refractivity contribution >= 4 is 0 Å². The molecule has 8 heavy (non-hydrogen) atoms. The van der Waals surface area contributed by atoms with E-state index < -0.39 is 0 Å². The topological polar surface area (TPSA) is 26.0 Å². The molecule has 0 saturated heterocycles. The number of rotatable bonds is 0. The van der Waals surface area contributed by atoms with Crippen LogP contribution in [0.15, 0.2) is 11.6 Å². The van der Waals surface area contributed by atoms with E-state index >= 15 is 0 Å². The zero-order chi connectivity index (χ0) is 5.98. The SMILES string of the molecule is C/C=C1/CCC(N)C1. The molecule has 1 fully saturated rings. The second-order valence-corrected chi connectivity index (χ2v) is 2.45. The van der Waals surface area contributed by atoms with Gasteiger partial charge in [0.05, 0.1) is 0 Å². The summed E-state index contributed by atoms with van der Waals surface area (Å²) in [4.78, 5) is 0. The van der Waals surface area contributed by atoms with Crippen LogP contribution in [0, 0.1) is 0 Å². The standard InChI is InChI=1S/C7H13N/c1-2-6-3-4-7(8)5-6/h2,7H,3-5,8H2,1H3/b6-2-. The first-order valence-corrected chi connectivity index (χ1v) is 3.22. The smallest absolute Gasteiger partial charge is 0.00791 e. The molecule has 0 heterocycles. The monoisotopic (exact) mass is 111 g/mol. The molecule has 1 heteroatoms. The highest BCUT2D eigenvalue weighted by Gasteiger charge is 2.13. The summed E-state index contributed by atoms with van der Waals surface area (Å²) in [6, 6.07) is 0.459. The molecule has 1 rings (SSSR count). The van der Waals surface area contributed by atoms with Gasteiger partial charge in [0.15, 0.2) is 0 Å². The third-order valence-corrected chi connectivity index (χ3v) is 1.77. The van der Waals surface area contributed by atoms with Crippen molar-refractivity contribution in [3.05, 3.63) is 11.6 Å². The first kappa shape index (κ1) is 5.83. The van der Waals surface area contributed by atoms with Crippen LogP contribution in [-0.4, -0.2) is 6.04 Å². The number of hydrogen-bond donors (Lipinski definition) is 1. The van der Waals surface area contributed by atoms with Crippen LogP contribution in [0.4, 0.5) is 0 Å². The van der Waals surface area contributed by atoms with E-state index in [1.165, 1.54) is 18.4 Å². The van der Waals surface area contributed by atoms with Crippen molar-refractivity contribution in [3.8, 4) is 0 Å². The fourth-order valence-electron chi connectivity index (χ4n) is 1.17. The lowest BCUT2D eigenvalue weighted by molar-refractivity contribution is 0.711. The summed E-state index contributed by atoms with van der Waals surface area (Å²) in [5.74, 6) is 0. The van der Waals surface area contributed by atoms with Crippen LogP contribution in [0.2, 0.25) is 0 Å². The maximum atomic E-state index is 5.66. The van der Waals surface area contributed by atoms with E-state index in [9.17, 15) is 0 Å². The van der Waals surface area contributed by atoms with Crippen molar-refractivity contribution in [3.63, 3.8) is 0 Å². The van der Waals surface area contributed by atoms with Crippen molar-refractivity contribution in [2.24, 2.45) is 5.73 Å². The fourth-order valence-corrected chi connectivity index (χ4v) is 1.17. The van der Waals surface area contributed by atoms with E-state index in [2.05, 4.69) is 13.0 Å². The van der Waals surface area contributed by atoms with Gasteiger partial charge in [0, 0.05) is 6.04 Å². The zero-order valence-electron chi connectivity index (χ0n) is 5.35. The maximum absolute atomic E-state index is 5.66. The molecule has 0 radical (unpaired) electrons. The third-order valence-electron chi connectivity index (χ3n) is 1.77. The van der Waals surface area contributed by atoms with E-state index in [0.717, 1.165) is 6.42 Å². The predicted octanol–water partition coefficient (Wildman–Crippen LogP) is 1.44. The molecular formula is C7H13N. The summed E-state index contributed by atoms with van der Waals surface area (Å²) < 4.78 is 0. The lowest BCUT2D eigenvalue weighted by Gasteiger charge is -1.94. The second-order valence-electron chi connectivity index (χ2n) is 2.45. The maximum Gasteiger partial charge on any atom is 0.00791 e. The summed E-state index contributed by atoms with van der Waals surface area (Å²) in [5.41, 5.74) is 7.20. The van der Waals surface area contributed by atoms with Gasteiger partial charge in [-0.1, -0.05) is 11.6 Å². The molecule has 1 saturated carbocycles. The van der Waals surface area contributed by atoms with Gasteiger partial charge < -0.3 is 5.73 Å². The minimum atomic E-state index is 0.459. The second kappa shape index (κ2) is 2.31. The lowest BCUT2D eigenvalue weighted by Crippen LogP contribution is -2.13. The largest absolute Gasteiger partial charge is 0.327 e. The van der Waals surface area contributed by atoms with Crippen LogP contribution in [0.1, 0.15) is 26.2 Å². The van der Waals surface area contributed by atoms with Gasteiger partial charge >= 0.3 is 0 Å². The molecule has 1 unspecified atom stereocenters. The van der Waals surface area contributed by atoms with Crippen molar-refractivity contribution in [2.75, 3.05) is 0 Å². The number of nitrogens with two attached hydrogens (primary N) is 1. The molecule has 0 spiro atoms. The lowest BCUT2D eigenvalue weighted by atomic mass is 10.2. The van der Waals surface area contributed by atoms with Crippen LogP contribution in [0.3, 0.4) is 0 Å². The summed E-state index contributed by atoms with van der Waals surface area (Å²) in [7, 11) is 0. The first-order chi connectivity index (χ1) is 3.83. The van der Waals surface area contributed by atoms with Crippen LogP contribution >= 0.6 is 0 Å². The minimum absolute atomic E-state index is 0.459. The van der Waals surface area contributed by atoms with E-state index in [1.807, 2.05) is 0 Å². The molecule has 2 N–H and O–H groups in total. The van der Waals surface area contributed by atoms with Gasteiger partial charge in [-0.25, -0.2) is 0 Å². The summed E-state index contributed by atoms with van der Waals surface area (Å²) in [6.45, 7) is 2.09. The van der Waals surface area contributed by atoms with Gasteiger partial charge in [-0.05, 0) is 26.2 Å².